The molecule has 1 aromatic rings. The van der Waals surface area contributed by atoms with Gasteiger partial charge < -0.3 is 10.6 Å². The Kier molecular flexibility index (Phi) is 3.47. The summed E-state index contributed by atoms with van der Waals surface area (Å²) in [6, 6.07) is 2.15. The van der Waals surface area contributed by atoms with E-state index < -0.39 is 0 Å². The van der Waals surface area contributed by atoms with E-state index >= 15 is 0 Å². The van der Waals surface area contributed by atoms with E-state index in [1.54, 1.807) is 0 Å². The maximum Gasteiger partial charge on any atom is 0.230 e. The van der Waals surface area contributed by atoms with Crippen molar-refractivity contribution in [3.05, 3.63) is 11.8 Å². The van der Waals surface area contributed by atoms with Crippen LogP contribution in [-0.4, -0.2) is 28.7 Å². The lowest BCUT2D eigenvalue weighted by molar-refractivity contribution is -0.120. The number of H-pyrrole nitrogens is 1. The number of hydrogen-bond acceptors (Lipinski definition) is 3. The molecule has 0 spiro atoms. The molecule has 0 aliphatic carbocycles. The Hall–Kier alpha value is -1.36. The van der Waals surface area contributed by atoms with Crippen LogP contribution in [0.5, 0.6) is 0 Å². The average Bonchev–Trinajstić information content (AvgIpc) is 2.86. The topological polar surface area (TPSA) is 69.8 Å². The molecular weight excluding hydrogens is 216 g/mol. The zero-order valence-corrected chi connectivity index (χ0v) is 10.6. The summed E-state index contributed by atoms with van der Waals surface area (Å²) in [5.74, 6) is 1.12. The number of aromatic amines is 1. The van der Waals surface area contributed by atoms with Gasteiger partial charge in [-0.25, -0.2) is 0 Å². The molecule has 2 heterocycles. The molecule has 1 aliphatic heterocycles. The Morgan fingerprint density at radius 1 is 1.59 bits per heavy atom. The van der Waals surface area contributed by atoms with E-state index in [9.17, 15) is 4.79 Å². The number of carbonyl (C=O) groups is 1. The second-order valence-electron chi connectivity index (χ2n) is 4.99. The van der Waals surface area contributed by atoms with Crippen molar-refractivity contribution < 1.29 is 4.79 Å². The maximum atomic E-state index is 12.0. The first-order chi connectivity index (χ1) is 8.08. The van der Waals surface area contributed by atoms with E-state index in [1.807, 2.05) is 13.0 Å². The number of nitrogens with zero attached hydrogens (tertiary/aromatic N) is 1. The lowest BCUT2D eigenvalue weighted by Crippen LogP contribution is -2.32. The van der Waals surface area contributed by atoms with Gasteiger partial charge in [0, 0.05) is 17.8 Å². The van der Waals surface area contributed by atoms with Crippen LogP contribution in [0.25, 0.3) is 0 Å². The minimum Gasteiger partial charge on any atom is -0.313 e. The molecular formula is C12H20N4O. The van der Waals surface area contributed by atoms with Crippen molar-refractivity contribution >= 4 is 11.7 Å². The van der Waals surface area contributed by atoms with E-state index in [-0.39, 0.29) is 17.9 Å². The van der Waals surface area contributed by atoms with E-state index in [0.717, 1.165) is 18.7 Å². The van der Waals surface area contributed by atoms with Crippen LogP contribution < -0.4 is 10.6 Å². The molecule has 2 unspecified atom stereocenters. The lowest BCUT2D eigenvalue weighted by atomic mass is 10.0. The van der Waals surface area contributed by atoms with Gasteiger partial charge in [-0.1, -0.05) is 13.8 Å². The Balaban J connectivity index is 1.97. The van der Waals surface area contributed by atoms with Crippen LogP contribution in [0.3, 0.4) is 0 Å². The molecule has 0 saturated carbocycles. The van der Waals surface area contributed by atoms with Gasteiger partial charge in [0.25, 0.3) is 0 Å². The zero-order chi connectivity index (χ0) is 12.4. The molecule has 0 bridgehead atoms. The third kappa shape index (κ3) is 2.66. The number of rotatable bonds is 3. The molecule has 1 aliphatic rings. The summed E-state index contributed by atoms with van der Waals surface area (Å²) in [5, 5.41) is 13.2. The van der Waals surface area contributed by atoms with Gasteiger partial charge in [0.1, 0.15) is 0 Å². The van der Waals surface area contributed by atoms with E-state index in [1.165, 1.54) is 0 Å². The molecule has 2 rings (SSSR count). The number of carbonyl (C=O) groups excluding carboxylic acids is 1. The molecule has 1 aromatic heterocycles. The Labute approximate surface area is 101 Å². The van der Waals surface area contributed by atoms with Crippen LogP contribution in [0.4, 0.5) is 5.82 Å². The minimum atomic E-state index is 0.0502. The second kappa shape index (κ2) is 4.87. The van der Waals surface area contributed by atoms with Crippen LogP contribution in [0.15, 0.2) is 6.07 Å². The van der Waals surface area contributed by atoms with Gasteiger partial charge >= 0.3 is 0 Å². The van der Waals surface area contributed by atoms with E-state index in [4.69, 9.17) is 0 Å². The summed E-state index contributed by atoms with van der Waals surface area (Å²) in [5.41, 5.74) is 1.04. The molecule has 1 saturated heterocycles. The molecule has 3 N–H and O–H groups in total. The minimum absolute atomic E-state index is 0.0502. The summed E-state index contributed by atoms with van der Waals surface area (Å²) < 4.78 is 0. The standard InChI is InChI=1S/C12H20N4O/c1-7(2)10-6-11(16-15-10)14-12(17)9-4-5-13-8(9)3/h6-9,13H,4-5H2,1-3H3,(H2,14,15,16,17). The molecule has 0 aromatic carbocycles. The van der Waals surface area contributed by atoms with Gasteiger partial charge in [0.15, 0.2) is 5.82 Å². The number of anilines is 1. The predicted octanol–water partition coefficient (Wildman–Crippen LogP) is 1.47. The highest BCUT2D eigenvalue weighted by atomic mass is 16.2. The summed E-state index contributed by atoms with van der Waals surface area (Å²) in [4.78, 5) is 12.0. The summed E-state index contributed by atoms with van der Waals surface area (Å²) in [6.45, 7) is 7.13. The number of amides is 1. The van der Waals surface area contributed by atoms with E-state index in [2.05, 4.69) is 34.7 Å². The van der Waals surface area contributed by atoms with Crippen molar-refractivity contribution in [2.24, 2.45) is 5.92 Å². The van der Waals surface area contributed by atoms with Crippen molar-refractivity contribution in [3.63, 3.8) is 0 Å². The van der Waals surface area contributed by atoms with Crippen molar-refractivity contribution in [2.45, 2.75) is 39.2 Å². The fourth-order valence-corrected chi connectivity index (χ4v) is 2.13. The molecule has 0 radical (unpaired) electrons. The summed E-state index contributed by atoms with van der Waals surface area (Å²) in [7, 11) is 0. The van der Waals surface area contributed by atoms with Crippen molar-refractivity contribution in [1.82, 2.24) is 15.5 Å². The zero-order valence-electron chi connectivity index (χ0n) is 10.6. The summed E-state index contributed by atoms with van der Waals surface area (Å²) >= 11 is 0. The molecule has 1 amide bonds. The lowest BCUT2D eigenvalue weighted by Gasteiger charge is -2.13. The quantitative estimate of drug-likeness (QED) is 0.744. The van der Waals surface area contributed by atoms with Gasteiger partial charge in [-0.2, -0.15) is 5.10 Å². The van der Waals surface area contributed by atoms with E-state index in [0.29, 0.717) is 11.7 Å². The van der Waals surface area contributed by atoms with Crippen molar-refractivity contribution in [2.75, 3.05) is 11.9 Å². The van der Waals surface area contributed by atoms with Crippen LogP contribution in [0, 0.1) is 5.92 Å². The monoisotopic (exact) mass is 236 g/mol. The first kappa shape index (κ1) is 12.1. The average molecular weight is 236 g/mol. The number of nitrogens with one attached hydrogen (secondary N) is 3. The highest BCUT2D eigenvalue weighted by Crippen LogP contribution is 2.19. The predicted molar refractivity (Wildman–Crippen MR) is 66.9 cm³/mol. The maximum absolute atomic E-state index is 12.0. The number of hydrogen-bond donors (Lipinski definition) is 3. The fourth-order valence-electron chi connectivity index (χ4n) is 2.13. The Bertz CT molecular complexity index is 399. The van der Waals surface area contributed by atoms with Crippen LogP contribution in [0.1, 0.15) is 38.8 Å². The van der Waals surface area contributed by atoms with Crippen LogP contribution in [-0.2, 0) is 4.79 Å². The molecule has 1 fully saturated rings. The first-order valence-corrected chi connectivity index (χ1v) is 6.17. The van der Waals surface area contributed by atoms with Crippen molar-refractivity contribution in [1.29, 1.82) is 0 Å². The van der Waals surface area contributed by atoms with Crippen LogP contribution in [0.2, 0.25) is 0 Å². The highest BCUT2D eigenvalue weighted by Gasteiger charge is 2.29. The first-order valence-electron chi connectivity index (χ1n) is 6.17. The Morgan fingerprint density at radius 2 is 2.35 bits per heavy atom. The van der Waals surface area contributed by atoms with Crippen molar-refractivity contribution in [3.8, 4) is 0 Å². The van der Waals surface area contributed by atoms with Gasteiger partial charge in [0.05, 0.1) is 5.92 Å². The third-order valence-electron chi connectivity index (χ3n) is 3.33. The number of aromatic nitrogens is 2. The van der Waals surface area contributed by atoms with Crippen LogP contribution >= 0.6 is 0 Å². The Morgan fingerprint density at radius 3 is 2.88 bits per heavy atom. The molecule has 94 valence electrons. The molecule has 5 heteroatoms. The third-order valence-corrected chi connectivity index (χ3v) is 3.33. The summed E-state index contributed by atoms with van der Waals surface area (Å²) in [6.07, 6.45) is 0.897. The van der Waals surface area contributed by atoms with Gasteiger partial charge in [-0.15, -0.1) is 0 Å². The smallest absolute Gasteiger partial charge is 0.230 e. The largest absolute Gasteiger partial charge is 0.313 e. The normalized spacial score (nSPS) is 24.2. The SMILES string of the molecule is CC(C)c1cc(NC(=O)C2CCNC2C)n[nH]1. The van der Waals surface area contributed by atoms with Gasteiger partial charge in [-0.3, -0.25) is 9.89 Å². The fraction of sp³-hybridized carbons (Fsp3) is 0.667. The molecule has 17 heavy (non-hydrogen) atoms. The highest BCUT2D eigenvalue weighted by molar-refractivity contribution is 5.92. The van der Waals surface area contributed by atoms with Gasteiger partial charge in [0.2, 0.25) is 5.91 Å². The second-order valence-corrected chi connectivity index (χ2v) is 4.99. The van der Waals surface area contributed by atoms with Gasteiger partial charge in [-0.05, 0) is 25.8 Å². The molecule has 2 atom stereocenters. The molecule has 5 nitrogen and oxygen atoms in total.